The molecule has 0 aromatic heterocycles. The van der Waals surface area contributed by atoms with E-state index in [1.54, 1.807) is 0 Å². The molecule has 2 rings (SSSR count). The van der Waals surface area contributed by atoms with Crippen LogP contribution in [0, 0.1) is 0 Å². The smallest absolute Gasteiger partial charge is 0.0672 e. The number of benzene rings is 1. The maximum atomic E-state index is 6.10. The van der Waals surface area contributed by atoms with Crippen LogP contribution in [0.15, 0.2) is 24.3 Å². The van der Waals surface area contributed by atoms with E-state index in [2.05, 4.69) is 12.2 Å². The lowest BCUT2D eigenvalue weighted by Gasteiger charge is -2.29. The lowest BCUT2D eigenvalue weighted by molar-refractivity contribution is 0.0149. The standard InChI is InChI=1S/C11H14ClNO/c1-8-6-13-11(7-14-8)9-4-2-3-5-10(9)12/h2-5,8,11,13H,6-7H2,1H3. The van der Waals surface area contributed by atoms with Gasteiger partial charge >= 0.3 is 0 Å². The molecule has 3 heteroatoms. The van der Waals surface area contributed by atoms with Crippen LogP contribution in [0.3, 0.4) is 0 Å². The van der Waals surface area contributed by atoms with Gasteiger partial charge in [-0.25, -0.2) is 0 Å². The number of nitrogens with one attached hydrogen (secondary N) is 1. The first-order valence-corrected chi connectivity index (χ1v) is 5.24. The van der Waals surface area contributed by atoms with Gasteiger partial charge in [0.1, 0.15) is 0 Å². The molecule has 76 valence electrons. The molecule has 1 aliphatic heterocycles. The molecule has 0 amide bonds. The van der Waals surface area contributed by atoms with Gasteiger partial charge < -0.3 is 10.1 Å². The number of hydrogen-bond donors (Lipinski definition) is 1. The summed E-state index contributed by atoms with van der Waals surface area (Å²) in [6, 6.07) is 8.13. The molecule has 1 aromatic rings. The molecule has 1 aliphatic rings. The van der Waals surface area contributed by atoms with E-state index in [4.69, 9.17) is 16.3 Å². The highest BCUT2D eigenvalue weighted by atomic mass is 35.5. The first kappa shape index (κ1) is 9.97. The summed E-state index contributed by atoms with van der Waals surface area (Å²) in [5, 5.41) is 4.23. The molecular formula is C11H14ClNO. The Morgan fingerprint density at radius 2 is 2.21 bits per heavy atom. The third-order valence-electron chi connectivity index (χ3n) is 2.48. The first-order valence-electron chi connectivity index (χ1n) is 4.87. The van der Waals surface area contributed by atoms with Gasteiger partial charge in [-0.05, 0) is 18.6 Å². The fourth-order valence-corrected chi connectivity index (χ4v) is 1.91. The van der Waals surface area contributed by atoms with Crippen LogP contribution >= 0.6 is 11.6 Å². The average molecular weight is 212 g/mol. The van der Waals surface area contributed by atoms with Gasteiger partial charge in [-0.1, -0.05) is 29.8 Å². The van der Waals surface area contributed by atoms with Crippen molar-refractivity contribution in [3.63, 3.8) is 0 Å². The number of rotatable bonds is 1. The molecule has 0 aliphatic carbocycles. The van der Waals surface area contributed by atoms with E-state index in [1.165, 1.54) is 0 Å². The minimum atomic E-state index is 0.236. The topological polar surface area (TPSA) is 21.3 Å². The summed E-state index contributed by atoms with van der Waals surface area (Å²) in [5.74, 6) is 0. The van der Waals surface area contributed by atoms with E-state index in [-0.39, 0.29) is 6.04 Å². The van der Waals surface area contributed by atoms with Crippen molar-refractivity contribution < 1.29 is 4.74 Å². The van der Waals surface area contributed by atoms with Gasteiger partial charge in [0, 0.05) is 11.6 Å². The lowest BCUT2D eigenvalue weighted by atomic mass is 10.1. The van der Waals surface area contributed by atoms with Crippen LogP contribution in [0.1, 0.15) is 18.5 Å². The highest BCUT2D eigenvalue weighted by molar-refractivity contribution is 6.31. The van der Waals surface area contributed by atoms with Crippen molar-refractivity contribution in [3.8, 4) is 0 Å². The zero-order valence-corrected chi connectivity index (χ0v) is 8.92. The van der Waals surface area contributed by atoms with Crippen LogP contribution in [0.2, 0.25) is 5.02 Å². The molecule has 1 fully saturated rings. The van der Waals surface area contributed by atoms with Gasteiger partial charge in [0.25, 0.3) is 0 Å². The molecule has 2 nitrogen and oxygen atoms in total. The number of hydrogen-bond acceptors (Lipinski definition) is 2. The molecule has 14 heavy (non-hydrogen) atoms. The highest BCUT2D eigenvalue weighted by Gasteiger charge is 2.20. The summed E-state index contributed by atoms with van der Waals surface area (Å²) in [6.45, 7) is 3.65. The maximum absolute atomic E-state index is 6.10. The van der Waals surface area contributed by atoms with E-state index in [9.17, 15) is 0 Å². The Morgan fingerprint density at radius 3 is 2.86 bits per heavy atom. The Morgan fingerprint density at radius 1 is 1.43 bits per heavy atom. The van der Waals surface area contributed by atoms with Crippen LogP contribution < -0.4 is 5.32 Å². The fraction of sp³-hybridized carbons (Fsp3) is 0.455. The number of morpholine rings is 1. The summed E-state index contributed by atoms with van der Waals surface area (Å²) in [7, 11) is 0. The zero-order chi connectivity index (χ0) is 9.97. The molecule has 2 unspecified atom stereocenters. The predicted molar refractivity (Wildman–Crippen MR) is 57.6 cm³/mol. The molecule has 1 heterocycles. The first-order chi connectivity index (χ1) is 6.77. The van der Waals surface area contributed by atoms with Gasteiger partial charge in [-0.15, -0.1) is 0 Å². The zero-order valence-electron chi connectivity index (χ0n) is 8.16. The van der Waals surface area contributed by atoms with Crippen molar-refractivity contribution in [2.45, 2.75) is 19.1 Å². The molecule has 0 spiro atoms. The van der Waals surface area contributed by atoms with Crippen molar-refractivity contribution >= 4 is 11.6 Å². The minimum Gasteiger partial charge on any atom is -0.375 e. The molecule has 1 saturated heterocycles. The normalized spacial score (nSPS) is 27.6. The quantitative estimate of drug-likeness (QED) is 0.770. The van der Waals surface area contributed by atoms with Crippen LogP contribution in [0.5, 0.6) is 0 Å². The summed E-state index contributed by atoms with van der Waals surface area (Å²) >= 11 is 6.10. The Hall–Kier alpha value is -0.570. The molecule has 0 saturated carbocycles. The van der Waals surface area contributed by atoms with Crippen LogP contribution in [-0.2, 0) is 4.74 Å². The van der Waals surface area contributed by atoms with Crippen molar-refractivity contribution in [3.05, 3.63) is 34.9 Å². The maximum Gasteiger partial charge on any atom is 0.0672 e. The second-order valence-corrected chi connectivity index (χ2v) is 4.03. The van der Waals surface area contributed by atoms with E-state index < -0.39 is 0 Å². The van der Waals surface area contributed by atoms with Crippen molar-refractivity contribution in [1.82, 2.24) is 5.32 Å². The molecule has 0 bridgehead atoms. The van der Waals surface area contributed by atoms with Crippen molar-refractivity contribution in [1.29, 1.82) is 0 Å². The van der Waals surface area contributed by atoms with Gasteiger partial charge in [0.15, 0.2) is 0 Å². The van der Waals surface area contributed by atoms with E-state index in [0.29, 0.717) is 12.7 Å². The molecule has 0 radical (unpaired) electrons. The molecule has 1 aromatic carbocycles. The van der Waals surface area contributed by atoms with Gasteiger partial charge in [-0.3, -0.25) is 0 Å². The Bertz CT molecular complexity index is 308. The van der Waals surface area contributed by atoms with Gasteiger partial charge in [0.05, 0.1) is 18.8 Å². The van der Waals surface area contributed by atoms with E-state index >= 15 is 0 Å². The summed E-state index contributed by atoms with van der Waals surface area (Å²) in [6.07, 6.45) is 0.300. The average Bonchev–Trinajstić information content (AvgIpc) is 2.20. The predicted octanol–water partition coefficient (Wildman–Crippen LogP) is 2.39. The summed E-state index contributed by atoms with van der Waals surface area (Å²) in [4.78, 5) is 0. The third kappa shape index (κ3) is 2.08. The fourth-order valence-electron chi connectivity index (χ4n) is 1.64. The monoisotopic (exact) mass is 211 g/mol. The third-order valence-corrected chi connectivity index (χ3v) is 2.82. The SMILES string of the molecule is CC1CNC(c2ccccc2Cl)CO1. The van der Waals surface area contributed by atoms with Gasteiger partial charge in [-0.2, -0.15) is 0 Å². The summed E-state index contributed by atoms with van der Waals surface area (Å²) in [5.41, 5.74) is 1.13. The number of ether oxygens (including phenoxy) is 1. The van der Waals surface area contributed by atoms with Crippen LogP contribution in [0.25, 0.3) is 0 Å². The Labute approximate surface area is 89.2 Å². The molecule has 2 atom stereocenters. The van der Waals surface area contributed by atoms with Crippen LogP contribution in [0.4, 0.5) is 0 Å². The van der Waals surface area contributed by atoms with E-state index in [0.717, 1.165) is 17.1 Å². The lowest BCUT2D eigenvalue weighted by Crippen LogP contribution is -2.39. The Balaban J connectivity index is 2.12. The van der Waals surface area contributed by atoms with E-state index in [1.807, 2.05) is 24.3 Å². The molecule has 1 N–H and O–H groups in total. The second-order valence-electron chi connectivity index (χ2n) is 3.63. The highest BCUT2D eigenvalue weighted by Crippen LogP contribution is 2.24. The van der Waals surface area contributed by atoms with Crippen molar-refractivity contribution in [2.24, 2.45) is 0 Å². The minimum absolute atomic E-state index is 0.236. The van der Waals surface area contributed by atoms with Crippen LogP contribution in [-0.4, -0.2) is 19.3 Å². The largest absolute Gasteiger partial charge is 0.375 e. The molecular weight excluding hydrogens is 198 g/mol. The number of halogens is 1. The Kier molecular flexibility index (Phi) is 3.06. The van der Waals surface area contributed by atoms with Gasteiger partial charge in [0.2, 0.25) is 0 Å². The summed E-state index contributed by atoms with van der Waals surface area (Å²) < 4.78 is 5.58. The second kappa shape index (κ2) is 4.30. The van der Waals surface area contributed by atoms with Crippen molar-refractivity contribution in [2.75, 3.05) is 13.2 Å².